The lowest BCUT2D eigenvalue weighted by Gasteiger charge is -1.87. The minimum absolute atomic E-state index is 0.0556. The molecule has 0 fully saturated rings. The van der Waals surface area contributed by atoms with E-state index < -0.39 is 0 Å². The van der Waals surface area contributed by atoms with E-state index in [0.717, 1.165) is 6.26 Å². The number of hydrogen-bond donors (Lipinski definition) is 1. The Bertz CT molecular complexity index is 65.3. The van der Waals surface area contributed by atoms with Gasteiger partial charge in [-0.05, 0) is 5.92 Å². The summed E-state index contributed by atoms with van der Waals surface area (Å²) in [7, 11) is 0. The molecule has 0 bridgehead atoms. The molecule has 1 N–H and O–H groups in total. The van der Waals surface area contributed by atoms with Crippen molar-refractivity contribution in [1.29, 1.82) is 5.26 Å². The summed E-state index contributed by atoms with van der Waals surface area (Å²) in [5.74, 6) is 0.329. The van der Waals surface area contributed by atoms with Gasteiger partial charge in [-0.1, -0.05) is 13.8 Å². The average molecular weight is 116 g/mol. The molecule has 0 amide bonds. The molecule has 0 spiro atoms. The van der Waals surface area contributed by atoms with Crippen LogP contribution < -0.4 is 0 Å². The summed E-state index contributed by atoms with van der Waals surface area (Å²) in [6.45, 7) is 3.88. The lowest BCUT2D eigenvalue weighted by atomic mass is 10.2. The van der Waals surface area contributed by atoms with Crippen LogP contribution in [0.2, 0.25) is 0 Å². The van der Waals surface area contributed by atoms with Gasteiger partial charge in [-0.15, -0.1) is 0 Å². The Kier molecular flexibility index (Phi) is 12.2. The van der Waals surface area contributed by atoms with E-state index in [1.165, 1.54) is 0 Å². The van der Waals surface area contributed by atoms with Crippen LogP contribution in [-0.2, 0) is 5.11 Å². The predicted molar refractivity (Wildman–Crippen MR) is 27.9 cm³/mol. The molecular formula is C5H10NO2. The first kappa shape index (κ1) is 10.3. The van der Waals surface area contributed by atoms with Gasteiger partial charge in [0.2, 0.25) is 0 Å². The lowest BCUT2D eigenvalue weighted by molar-refractivity contribution is 0.158. The number of hydrogen-bond acceptors (Lipinski definition) is 2. The van der Waals surface area contributed by atoms with Gasteiger partial charge in [-0.3, -0.25) is 0 Å². The Hall–Kier alpha value is -0.750. The maximum absolute atomic E-state index is 9.63. The van der Waals surface area contributed by atoms with Crippen molar-refractivity contribution in [1.82, 2.24) is 0 Å². The molecule has 3 heteroatoms. The first-order chi connectivity index (χ1) is 3.68. The molecule has 0 aromatic heterocycles. The highest BCUT2D eigenvalue weighted by Gasteiger charge is 1.83. The molecule has 0 aliphatic carbocycles. The SMILES string of the molecule is CC(C)C[O].N#CO. The minimum atomic E-state index is 0.0556. The fourth-order valence-corrected chi connectivity index (χ4v) is 0. The quantitative estimate of drug-likeness (QED) is 0.517. The van der Waals surface area contributed by atoms with Crippen molar-refractivity contribution in [2.24, 2.45) is 5.92 Å². The van der Waals surface area contributed by atoms with E-state index in [2.05, 4.69) is 0 Å². The molecule has 0 saturated carbocycles. The number of nitriles is 1. The van der Waals surface area contributed by atoms with E-state index in [1.807, 2.05) is 13.8 Å². The van der Waals surface area contributed by atoms with Crippen molar-refractivity contribution in [3.05, 3.63) is 0 Å². The lowest BCUT2D eigenvalue weighted by Crippen LogP contribution is -1.88. The molecule has 0 aliphatic heterocycles. The summed E-state index contributed by atoms with van der Waals surface area (Å²) in [5, 5.41) is 23.4. The van der Waals surface area contributed by atoms with Crippen LogP contribution in [0.25, 0.3) is 0 Å². The molecule has 0 unspecified atom stereocenters. The molecule has 0 aliphatic rings. The summed E-state index contributed by atoms with van der Waals surface area (Å²) in [6, 6.07) is 0. The average Bonchev–Trinajstić information content (AvgIpc) is 1.69. The van der Waals surface area contributed by atoms with Crippen LogP contribution >= 0.6 is 0 Å². The largest absolute Gasteiger partial charge is 0.443 e. The van der Waals surface area contributed by atoms with E-state index in [9.17, 15) is 5.11 Å². The predicted octanol–water partition coefficient (Wildman–Crippen LogP) is 0.913. The van der Waals surface area contributed by atoms with Crippen LogP contribution in [0.5, 0.6) is 0 Å². The first-order valence-electron chi connectivity index (χ1n) is 2.30. The van der Waals surface area contributed by atoms with Crippen molar-refractivity contribution < 1.29 is 10.2 Å². The highest BCUT2D eigenvalue weighted by atomic mass is 16.3. The summed E-state index contributed by atoms with van der Waals surface area (Å²) >= 11 is 0. The number of nitrogens with zero attached hydrogens (tertiary/aromatic N) is 1. The van der Waals surface area contributed by atoms with Gasteiger partial charge in [0.15, 0.2) is 0 Å². The van der Waals surface area contributed by atoms with Gasteiger partial charge in [0.05, 0.1) is 6.61 Å². The van der Waals surface area contributed by atoms with Gasteiger partial charge < -0.3 is 5.11 Å². The molecule has 0 aromatic rings. The van der Waals surface area contributed by atoms with Crippen LogP contribution in [0.15, 0.2) is 0 Å². The van der Waals surface area contributed by atoms with Crippen molar-refractivity contribution in [2.45, 2.75) is 13.8 Å². The third-order valence-corrected chi connectivity index (χ3v) is 0.333. The Morgan fingerprint density at radius 3 is 1.88 bits per heavy atom. The molecule has 0 aromatic carbocycles. The summed E-state index contributed by atoms with van der Waals surface area (Å²) in [4.78, 5) is 0. The standard InChI is InChI=1S/C4H9O.CHNO/c1-4(2)3-5;2-1-3/h4H,3H2,1-2H3;3H. The Balaban J connectivity index is 0. The van der Waals surface area contributed by atoms with Crippen molar-refractivity contribution >= 4 is 0 Å². The molecule has 1 radical (unpaired) electrons. The van der Waals surface area contributed by atoms with Gasteiger partial charge >= 0.3 is 0 Å². The van der Waals surface area contributed by atoms with E-state index in [-0.39, 0.29) is 6.61 Å². The minimum Gasteiger partial charge on any atom is -0.443 e. The molecule has 3 nitrogen and oxygen atoms in total. The van der Waals surface area contributed by atoms with Crippen molar-refractivity contribution in [3.8, 4) is 6.26 Å². The maximum Gasteiger partial charge on any atom is 0.283 e. The number of aliphatic hydroxyl groups is 1. The zero-order chi connectivity index (χ0) is 6.99. The van der Waals surface area contributed by atoms with Gasteiger partial charge in [0.1, 0.15) is 0 Å². The summed E-state index contributed by atoms with van der Waals surface area (Å²) < 4.78 is 0. The molecule has 8 heavy (non-hydrogen) atoms. The first-order valence-corrected chi connectivity index (χ1v) is 2.30. The highest BCUT2D eigenvalue weighted by Crippen LogP contribution is 1.84. The van der Waals surface area contributed by atoms with E-state index in [4.69, 9.17) is 10.4 Å². The normalized spacial score (nSPS) is 6.88. The second kappa shape index (κ2) is 9.54. The molecule has 0 atom stereocenters. The van der Waals surface area contributed by atoms with Gasteiger partial charge in [0.25, 0.3) is 6.26 Å². The van der Waals surface area contributed by atoms with Gasteiger partial charge in [0, 0.05) is 0 Å². The highest BCUT2D eigenvalue weighted by molar-refractivity contribution is 4.32. The maximum atomic E-state index is 9.63. The van der Waals surface area contributed by atoms with Crippen LogP contribution in [0.3, 0.4) is 0 Å². The second-order valence-electron chi connectivity index (χ2n) is 1.66. The Morgan fingerprint density at radius 1 is 1.75 bits per heavy atom. The molecule has 0 rings (SSSR count). The fraction of sp³-hybridized carbons (Fsp3) is 0.800. The van der Waals surface area contributed by atoms with Gasteiger partial charge in [-0.2, -0.15) is 5.26 Å². The third-order valence-electron chi connectivity index (χ3n) is 0.333. The Morgan fingerprint density at radius 2 is 1.88 bits per heavy atom. The summed E-state index contributed by atoms with van der Waals surface area (Å²) in [6.07, 6.45) is 0.750. The van der Waals surface area contributed by atoms with E-state index in [0.29, 0.717) is 5.92 Å². The monoisotopic (exact) mass is 116 g/mol. The third kappa shape index (κ3) is 60.7. The topological polar surface area (TPSA) is 63.9 Å². The van der Waals surface area contributed by atoms with E-state index >= 15 is 0 Å². The number of aliphatic hydroxyl groups excluding tert-OH is 1. The Labute approximate surface area is 49.2 Å². The molecule has 0 saturated heterocycles. The van der Waals surface area contributed by atoms with Crippen LogP contribution in [0.1, 0.15) is 13.8 Å². The van der Waals surface area contributed by atoms with Gasteiger partial charge in [-0.25, -0.2) is 5.11 Å². The molecular weight excluding hydrogens is 106 g/mol. The van der Waals surface area contributed by atoms with Crippen LogP contribution in [0, 0.1) is 17.4 Å². The smallest absolute Gasteiger partial charge is 0.283 e. The van der Waals surface area contributed by atoms with Crippen LogP contribution in [-0.4, -0.2) is 11.7 Å². The summed E-state index contributed by atoms with van der Waals surface area (Å²) in [5.41, 5.74) is 0. The zero-order valence-corrected chi connectivity index (χ0v) is 5.09. The zero-order valence-electron chi connectivity index (χ0n) is 5.09. The number of rotatable bonds is 1. The molecule has 0 heterocycles. The van der Waals surface area contributed by atoms with Crippen molar-refractivity contribution in [3.63, 3.8) is 0 Å². The van der Waals surface area contributed by atoms with Crippen molar-refractivity contribution in [2.75, 3.05) is 6.61 Å². The fourth-order valence-electron chi connectivity index (χ4n) is 0. The molecule has 47 valence electrons. The van der Waals surface area contributed by atoms with Crippen LogP contribution in [0.4, 0.5) is 0 Å². The second-order valence-corrected chi connectivity index (χ2v) is 1.66. The van der Waals surface area contributed by atoms with E-state index in [1.54, 1.807) is 0 Å².